The Morgan fingerprint density at radius 2 is 1.81 bits per heavy atom. The van der Waals surface area contributed by atoms with Crippen molar-refractivity contribution in [3.05, 3.63) is 53.3 Å². The molecule has 0 radical (unpaired) electrons. The number of aromatic nitrogens is 2. The Morgan fingerprint density at radius 3 is 2.42 bits per heavy atom. The normalized spacial score (nSPS) is 24.0. The van der Waals surface area contributed by atoms with Crippen molar-refractivity contribution in [3.8, 4) is 0 Å². The van der Waals surface area contributed by atoms with E-state index in [1.54, 1.807) is 12.4 Å². The summed E-state index contributed by atoms with van der Waals surface area (Å²) in [5.74, 6) is 0.944. The van der Waals surface area contributed by atoms with Gasteiger partial charge < -0.3 is 15.0 Å². The second-order valence-corrected chi connectivity index (χ2v) is 9.74. The van der Waals surface area contributed by atoms with Crippen LogP contribution in [-0.2, 0) is 14.9 Å². The van der Waals surface area contributed by atoms with E-state index in [9.17, 15) is 4.79 Å². The number of hydrogen-bond donors (Lipinski definition) is 1. The van der Waals surface area contributed by atoms with Crippen LogP contribution in [0, 0.1) is 5.41 Å². The van der Waals surface area contributed by atoms with Crippen LogP contribution in [0.5, 0.6) is 0 Å². The Bertz CT molecular complexity index is 899. The van der Waals surface area contributed by atoms with Crippen LogP contribution in [0.25, 0.3) is 0 Å². The van der Waals surface area contributed by atoms with Crippen LogP contribution < -0.4 is 10.2 Å². The monoisotopic (exact) mass is 440 g/mol. The molecule has 1 aliphatic carbocycles. The average Bonchev–Trinajstić information content (AvgIpc) is 3.62. The largest absolute Gasteiger partial charge is 0.376 e. The lowest BCUT2D eigenvalue weighted by molar-refractivity contribution is -0.125. The molecular formula is C24H29ClN4O2. The van der Waals surface area contributed by atoms with Crippen molar-refractivity contribution >= 4 is 23.5 Å². The van der Waals surface area contributed by atoms with Crippen LogP contribution in [0.1, 0.15) is 44.1 Å². The van der Waals surface area contributed by atoms with Gasteiger partial charge in [-0.15, -0.1) is 0 Å². The average molecular weight is 441 g/mol. The summed E-state index contributed by atoms with van der Waals surface area (Å²) in [6.07, 6.45) is 9.85. The number of piperidine rings is 1. The molecule has 2 saturated heterocycles. The fourth-order valence-corrected chi connectivity index (χ4v) is 5.15. The SMILES string of the molecule is O=C(NC[C@@H]1CCC2(CCN(c3ncccn3)CC2)CO1)C1(c2ccc(Cl)cc2)CC1. The summed E-state index contributed by atoms with van der Waals surface area (Å²) >= 11 is 6.00. The Balaban J connectivity index is 1.09. The van der Waals surface area contributed by atoms with Crippen molar-refractivity contribution in [2.45, 2.75) is 50.0 Å². The number of ether oxygens (including phenoxy) is 1. The first-order chi connectivity index (χ1) is 15.1. The Hall–Kier alpha value is -2.18. The topological polar surface area (TPSA) is 67.4 Å². The van der Waals surface area contributed by atoms with E-state index in [4.69, 9.17) is 16.3 Å². The number of hydrogen-bond acceptors (Lipinski definition) is 5. The molecule has 1 saturated carbocycles. The molecule has 1 spiro atoms. The summed E-state index contributed by atoms with van der Waals surface area (Å²) < 4.78 is 6.24. The van der Waals surface area contributed by atoms with Crippen LogP contribution in [0.15, 0.2) is 42.7 Å². The molecule has 31 heavy (non-hydrogen) atoms. The smallest absolute Gasteiger partial charge is 0.230 e. The zero-order valence-corrected chi connectivity index (χ0v) is 18.5. The van der Waals surface area contributed by atoms with E-state index in [-0.39, 0.29) is 22.8 Å². The van der Waals surface area contributed by atoms with E-state index in [1.807, 2.05) is 30.3 Å². The van der Waals surface area contributed by atoms with E-state index in [0.717, 1.165) is 69.7 Å². The molecule has 3 heterocycles. The number of amides is 1. The molecule has 1 N–H and O–H groups in total. The highest BCUT2D eigenvalue weighted by atomic mass is 35.5. The number of nitrogens with one attached hydrogen (secondary N) is 1. The summed E-state index contributed by atoms with van der Waals surface area (Å²) in [7, 11) is 0. The zero-order valence-electron chi connectivity index (χ0n) is 17.7. The van der Waals surface area contributed by atoms with E-state index in [2.05, 4.69) is 20.2 Å². The molecule has 3 fully saturated rings. The van der Waals surface area contributed by atoms with Crippen molar-refractivity contribution in [1.29, 1.82) is 0 Å². The summed E-state index contributed by atoms with van der Waals surface area (Å²) in [4.78, 5) is 23.9. The molecule has 6 nitrogen and oxygen atoms in total. The van der Waals surface area contributed by atoms with Crippen molar-refractivity contribution in [3.63, 3.8) is 0 Å². The fourth-order valence-electron chi connectivity index (χ4n) is 5.02. The highest BCUT2D eigenvalue weighted by molar-refractivity contribution is 6.30. The summed E-state index contributed by atoms with van der Waals surface area (Å²) in [6.45, 7) is 3.31. The molecule has 164 valence electrons. The minimum absolute atomic E-state index is 0.103. The number of nitrogens with zero attached hydrogens (tertiary/aromatic N) is 3. The molecule has 2 aliphatic heterocycles. The molecule has 1 aromatic carbocycles. The van der Waals surface area contributed by atoms with Gasteiger partial charge in [-0.05, 0) is 67.7 Å². The predicted molar refractivity (Wildman–Crippen MR) is 120 cm³/mol. The number of halogens is 1. The maximum atomic E-state index is 12.9. The van der Waals surface area contributed by atoms with E-state index in [1.165, 1.54) is 0 Å². The first-order valence-electron chi connectivity index (χ1n) is 11.3. The minimum atomic E-state index is -0.368. The maximum absolute atomic E-state index is 12.9. The molecule has 1 amide bonds. The summed E-state index contributed by atoms with van der Waals surface area (Å²) in [6, 6.07) is 9.53. The lowest BCUT2D eigenvalue weighted by Gasteiger charge is -2.45. The van der Waals surface area contributed by atoms with Crippen molar-refractivity contribution in [1.82, 2.24) is 15.3 Å². The molecule has 7 heteroatoms. The second kappa shape index (κ2) is 8.40. The van der Waals surface area contributed by atoms with Gasteiger partial charge in [-0.25, -0.2) is 9.97 Å². The highest BCUT2D eigenvalue weighted by Gasteiger charge is 2.51. The summed E-state index contributed by atoms with van der Waals surface area (Å²) in [5, 5.41) is 3.87. The third-order valence-corrected chi connectivity index (χ3v) is 7.60. The molecule has 3 aliphatic rings. The molecule has 2 aromatic rings. The highest BCUT2D eigenvalue weighted by Crippen LogP contribution is 2.48. The van der Waals surface area contributed by atoms with Crippen LogP contribution >= 0.6 is 11.6 Å². The van der Waals surface area contributed by atoms with Gasteiger partial charge in [0.15, 0.2) is 0 Å². The third kappa shape index (κ3) is 4.28. The first kappa shape index (κ1) is 20.7. The van der Waals surface area contributed by atoms with Gasteiger partial charge in [0, 0.05) is 37.1 Å². The Morgan fingerprint density at radius 1 is 1.10 bits per heavy atom. The number of carbonyl (C=O) groups is 1. The molecule has 1 aromatic heterocycles. The molecule has 0 bridgehead atoms. The summed E-state index contributed by atoms with van der Waals surface area (Å²) in [5.41, 5.74) is 0.951. The van der Waals surface area contributed by atoms with Crippen LogP contribution in [0.3, 0.4) is 0 Å². The second-order valence-electron chi connectivity index (χ2n) is 9.31. The number of benzene rings is 1. The molecular weight excluding hydrogens is 412 g/mol. The van der Waals surface area contributed by atoms with Crippen LogP contribution in [0.2, 0.25) is 5.02 Å². The van der Waals surface area contributed by atoms with Gasteiger partial charge in [0.2, 0.25) is 11.9 Å². The van der Waals surface area contributed by atoms with E-state index >= 15 is 0 Å². The fraction of sp³-hybridized carbons (Fsp3) is 0.542. The van der Waals surface area contributed by atoms with Crippen LogP contribution in [0.4, 0.5) is 5.95 Å². The lowest BCUT2D eigenvalue weighted by Crippen LogP contribution is -2.48. The van der Waals surface area contributed by atoms with Crippen molar-refractivity contribution in [2.24, 2.45) is 5.41 Å². The molecule has 0 unspecified atom stereocenters. The van der Waals surface area contributed by atoms with Gasteiger partial charge in [0.25, 0.3) is 0 Å². The number of anilines is 1. The van der Waals surface area contributed by atoms with Gasteiger partial charge in [0.05, 0.1) is 18.1 Å². The van der Waals surface area contributed by atoms with Gasteiger partial charge in [0.1, 0.15) is 0 Å². The van der Waals surface area contributed by atoms with Gasteiger partial charge in [-0.1, -0.05) is 23.7 Å². The molecule has 5 rings (SSSR count). The quantitative estimate of drug-likeness (QED) is 0.767. The van der Waals surface area contributed by atoms with E-state index in [0.29, 0.717) is 11.6 Å². The zero-order chi connectivity index (χ0) is 21.3. The minimum Gasteiger partial charge on any atom is -0.376 e. The standard InChI is InChI=1S/C24H29ClN4O2/c25-19-4-2-18(3-5-19)24(8-9-24)21(30)28-16-20-6-7-23(17-31-20)10-14-29(15-11-23)22-26-12-1-13-27-22/h1-5,12-13,20H,6-11,14-17H2,(H,28,30)/t20-/m0/s1. The van der Waals surface area contributed by atoms with Gasteiger partial charge >= 0.3 is 0 Å². The van der Waals surface area contributed by atoms with Crippen molar-refractivity contribution < 1.29 is 9.53 Å². The van der Waals surface area contributed by atoms with Gasteiger partial charge in [-0.2, -0.15) is 0 Å². The number of carbonyl (C=O) groups excluding carboxylic acids is 1. The van der Waals surface area contributed by atoms with Crippen molar-refractivity contribution in [2.75, 3.05) is 31.1 Å². The number of rotatable bonds is 5. The Labute approximate surface area is 188 Å². The lowest BCUT2D eigenvalue weighted by atomic mass is 9.73. The van der Waals surface area contributed by atoms with Gasteiger partial charge in [-0.3, -0.25) is 4.79 Å². The predicted octanol–water partition coefficient (Wildman–Crippen LogP) is 3.74. The Kier molecular flexibility index (Phi) is 5.61. The van der Waals surface area contributed by atoms with Crippen LogP contribution in [-0.4, -0.2) is 48.2 Å². The van der Waals surface area contributed by atoms with E-state index < -0.39 is 0 Å². The maximum Gasteiger partial charge on any atom is 0.230 e. The molecule has 1 atom stereocenters. The third-order valence-electron chi connectivity index (χ3n) is 7.35. The first-order valence-corrected chi connectivity index (χ1v) is 11.6.